The van der Waals surface area contributed by atoms with Crippen molar-refractivity contribution in [1.82, 2.24) is 29.3 Å². The minimum absolute atomic E-state index is 0.0373. The third kappa shape index (κ3) is 4.06. The van der Waals surface area contributed by atoms with Crippen LogP contribution in [0.25, 0.3) is 11.2 Å². The number of unbranched alkanes of at least 4 members (excludes halogenated alkanes) is 1. The van der Waals surface area contributed by atoms with Crippen molar-refractivity contribution in [3.63, 3.8) is 0 Å². The molecule has 3 amide bonds. The number of carbonyl (C=O) groups is 2. The number of hydrogen-bond acceptors (Lipinski definition) is 5. The first-order valence-electron chi connectivity index (χ1n) is 11.8. The third-order valence-electron chi connectivity index (χ3n) is 6.74. The predicted molar refractivity (Wildman–Crippen MR) is 132 cm³/mol. The molecule has 4 rings (SSSR count). The van der Waals surface area contributed by atoms with Crippen molar-refractivity contribution in [3.05, 3.63) is 62.1 Å². The maximum Gasteiger partial charge on any atom is 0.330 e. The number of rotatable bonds is 6. The molecule has 3 aromatic rings. The number of imidazole rings is 1. The van der Waals surface area contributed by atoms with Crippen LogP contribution < -0.4 is 16.6 Å². The summed E-state index contributed by atoms with van der Waals surface area (Å²) in [5, 5.41) is 2.82. The molecule has 1 aliphatic heterocycles. The number of urea groups is 1. The van der Waals surface area contributed by atoms with Gasteiger partial charge in [0, 0.05) is 13.6 Å². The molecule has 1 saturated heterocycles. The van der Waals surface area contributed by atoms with Gasteiger partial charge in [0.15, 0.2) is 11.2 Å². The Kier molecular flexibility index (Phi) is 5.94. The highest BCUT2D eigenvalue weighted by atomic mass is 16.2. The van der Waals surface area contributed by atoms with Gasteiger partial charge in [0.2, 0.25) is 0 Å². The molecule has 3 heterocycles. The SMILES string of the molecule is CCCCn1c(=O)[nH]c(=O)c2c1nc(CN1C(=O)NC(C)(c3ccc(C(C)(C)C)cc3)C1=O)n2C. The molecule has 0 radical (unpaired) electrons. The molecule has 10 heteroatoms. The van der Waals surface area contributed by atoms with Crippen LogP contribution in [0.2, 0.25) is 0 Å². The number of imide groups is 1. The normalized spacial score (nSPS) is 18.5. The highest BCUT2D eigenvalue weighted by Crippen LogP contribution is 2.32. The van der Waals surface area contributed by atoms with E-state index in [-0.39, 0.29) is 23.1 Å². The molecule has 0 saturated carbocycles. The van der Waals surface area contributed by atoms with Gasteiger partial charge in [-0.15, -0.1) is 0 Å². The fourth-order valence-electron chi connectivity index (χ4n) is 4.44. The van der Waals surface area contributed by atoms with E-state index in [1.165, 1.54) is 9.13 Å². The van der Waals surface area contributed by atoms with Gasteiger partial charge in [0.25, 0.3) is 11.5 Å². The number of nitrogens with zero attached hydrogens (tertiary/aromatic N) is 4. The number of aryl methyl sites for hydroxylation is 2. The topological polar surface area (TPSA) is 122 Å². The van der Waals surface area contributed by atoms with Gasteiger partial charge in [0.05, 0.1) is 6.54 Å². The average Bonchev–Trinajstić information content (AvgIpc) is 3.22. The molecule has 0 spiro atoms. The monoisotopic (exact) mass is 480 g/mol. The molecule has 35 heavy (non-hydrogen) atoms. The number of aromatic nitrogens is 4. The lowest BCUT2D eigenvalue weighted by molar-refractivity contribution is -0.131. The van der Waals surface area contributed by atoms with Gasteiger partial charge in [0.1, 0.15) is 11.4 Å². The van der Waals surface area contributed by atoms with Gasteiger partial charge in [-0.1, -0.05) is 58.4 Å². The van der Waals surface area contributed by atoms with Crippen LogP contribution in [-0.2, 0) is 35.9 Å². The number of carbonyl (C=O) groups excluding carboxylic acids is 2. The first-order chi connectivity index (χ1) is 16.4. The summed E-state index contributed by atoms with van der Waals surface area (Å²) in [4.78, 5) is 59.2. The van der Waals surface area contributed by atoms with Gasteiger partial charge >= 0.3 is 11.7 Å². The number of amides is 3. The molecule has 2 aromatic heterocycles. The Balaban J connectivity index is 1.69. The average molecular weight is 481 g/mol. The van der Waals surface area contributed by atoms with E-state index in [2.05, 4.69) is 36.1 Å². The number of aromatic amines is 1. The van der Waals surface area contributed by atoms with Crippen LogP contribution in [0.4, 0.5) is 4.79 Å². The highest BCUT2D eigenvalue weighted by Gasteiger charge is 2.49. The van der Waals surface area contributed by atoms with E-state index in [4.69, 9.17) is 0 Å². The molecule has 1 aliphatic rings. The van der Waals surface area contributed by atoms with E-state index < -0.39 is 28.7 Å². The smallest absolute Gasteiger partial charge is 0.324 e. The van der Waals surface area contributed by atoms with Crippen molar-refractivity contribution < 1.29 is 9.59 Å². The zero-order chi connectivity index (χ0) is 25.7. The second-order valence-corrected chi connectivity index (χ2v) is 10.3. The summed E-state index contributed by atoms with van der Waals surface area (Å²) in [6.07, 6.45) is 1.61. The molecule has 1 unspecified atom stereocenters. The summed E-state index contributed by atoms with van der Waals surface area (Å²) in [7, 11) is 1.64. The van der Waals surface area contributed by atoms with Crippen LogP contribution in [-0.4, -0.2) is 35.9 Å². The Bertz CT molecular complexity index is 1420. The second kappa shape index (κ2) is 8.51. The van der Waals surface area contributed by atoms with Crippen molar-refractivity contribution >= 4 is 23.1 Å². The summed E-state index contributed by atoms with van der Waals surface area (Å²) in [6.45, 7) is 10.3. The largest absolute Gasteiger partial charge is 0.330 e. The first-order valence-corrected chi connectivity index (χ1v) is 11.8. The molecule has 10 nitrogen and oxygen atoms in total. The third-order valence-corrected chi connectivity index (χ3v) is 6.74. The molecule has 2 N–H and O–H groups in total. The summed E-state index contributed by atoms with van der Waals surface area (Å²) in [5.74, 6) is -0.0764. The molecule has 186 valence electrons. The second-order valence-electron chi connectivity index (χ2n) is 10.3. The van der Waals surface area contributed by atoms with Gasteiger partial charge < -0.3 is 9.88 Å². The Hall–Kier alpha value is -3.69. The number of hydrogen-bond donors (Lipinski definition) is 2. The van der Waals surface area contributed by atoms with E-state index in [9.17, 15) is 19.2 Å². The number of benzene rings is 1. The Labute approximate surface area is 203 Å². The Morgan fingerprint density at radius 1 is 1.06 bits per heavy atom. The van der Waals surface area contributed by atoms with E-state index in [1.54, 1.807) is 14.0 Å². The van der Waals surface area contributed by atoms with Gasteiger partial charge in [-0.2, -0.15) is 0 Å². The van der Waals surface area contributed by atoms with Crippen molar-refractivity contribution in [3.8, 4) is 0 Å². The lowest BCUT2D eigenvalue weighted by atomic mass is 9.84. The molecular weight excluding hydrogens is 448 g/mol. The molecule has 1 fully saturated rings. The fourth-order valence-corrected chi connectivity index (χ4v) is 4.44. The van der Waals surface area contributed by atoms with Crippen molar-refractivity contribution in [1.29, 1.82) is 0 Å². The van der Waals surface area contributed by atoms with E-state index >= 15 is 0 Å². The summed E-state index contributed by atoms with van der Waals surface area (Å²) in [6, 6.07) is 7.13. The lowest BCUT2D eigenvalue weighted by Gasteiger charge is -2.24. The predicted octanol–water partition coefficient (Wildman–Crippen LogP) is 2.49. The Morgan fingerprint density at radius 3 is 2.31 bits per heavy atom. The highest BCUT2D eigenvalue weighted by molar-refractivity contribution is 6.07. The van der Waals surface area contributed by atoms with Crippen LogP contribution in [0.1, 0.15) is 64.4 Å². The zero-order valence-corrected chi connectivity index (χ0v) is 21.1. The summed E-state index contributed by atoms with van der Waals surface area (Å²) in [5.41, 5.74) is -0.0652. The van der Waals surface area contributed by atoms with E-state index in [1.807, 2.05) is 31.2 Å². The quantitative estimate of drug-likeness (QED) is 0.525. The first kappa shape index (κ1) is 24.4. The lowest BCUT2D eigenvalue weighted by Crippen LogP contribution is -2.41. The fraction of sp³-hybridized carbons (Fsp3) is 0.480. The van der Waals surface area contributed by atoms with Crippen LogP contribution in [0.15, 0.2) is 33.9 Å². The number of H-pyrrole nitrogens is 1. The van der Waals surface area contributed by atoms with Crippen LogP contribution in [0, 0.1) is 0 Å². The van der Waals surface area contributed by atoms with E-state index in [0.717, 1.165) is 23.3 Å². The minimum Gasteiger partial charge on any atom is -0.324 e. The van der Waals surface area contributed by atoms with E-state index in [0.29, 0.717) is 17.9 Å². The summed E-state index contributed by atoms with van der Waals surface area (Å²) < 4.78 is 2.96. The van der Waals surface area contributed by atoms with Crippen molar-refractivity contribution in [2.75, 3.05) is 0 Å². The molecule has 0 aliphatic carbocycles. The van der Waals surface area contributed by atoms with Crippen LogP contribution in [0.5, 0.6) is 0 Å². The molecule has 1 aromatic carbocycles. The van der Waals surface area contributed by atoms with Gasteiger partial charge in [-0.05, 0) is 29.9 Å². The molecular formula is C25H32N6O4. The maximum absolute atomic E-state index is 13.5. The van der Waals surface area contributed by atoms with Gasteiger partial charge in [-0.3, -0.25) is 24.0 Å². The summed E-state index contributed by atoms with van der Waals surface area (Å²) >= 11 is 0. The zero-order valence-electron chi connectivity index (χ0n) is 21.1. The van der Waals surface area contributed by atoms with Crippen LogP contribution >= 0.6 is 0 Å². The van der Waals surface area contributed by atoms with Crippen LogP contribution in [0.3, 0.4) is 0 Å². The molecule has 0 bridgehead atoms. The maximum atomic E-state index is 13.5. The molecule has 1 atom stereocenters. The minimum atomic E-state index is -1.22. The van der Waals surface area contributed by atoms with Gasteiger partial charge in [-0.25, -0.2) is 14.6 Å². The van der Waals surface area contributed by atoms with Crippen molar-refractivity contribution in [2.45, 2.75) is 71.5 Å². The number of fused-ring (bicyclic) bond motifs is 1. The van der Waals surface area contributed by atoms with Crippen molar-refractivity contribution in [2.24, 2.45) is 7.05 Å². The standard InChI is InChI=1S/C25H32N6O4/c1-7-8-13-30-19-18(20(32)27-22(30)34)29(6)17(26-19)14-31-21(33)25(5,28-23(31)35)16-11-9-15(10-12-16)24(2,3)4/h9-12H,7-8,13-14H2,1-6H3,(H,28,35)(H,27,32,34). The Morgan fingerprint density at radius 2 is 1.71 bits per heavy atom. The number of nitrogens with one attached hydrogen (secondary N) is 2.